The van der Waals surface area contributed by atoms with Crippen molar-refractivity contribution in [1.82, 2.24) is 15.1 Å². The number of nitrogens with zero attached hydrogens (tertiary/aromatic N) is 2. The second-order valence-electron chi connectivity index (χ2n) is 6.21. The predicted molar refractivity (Wildman–Crippen MR) is 71.3 cm³/mol. The Morgan fingerprint density at radius 1 is 1.17 bits per heavy atom. The van der Waals surface area contributed by atoms with Crippen molar-refractivity contribution < 1.29 is 4.79 Å². The minimum absolute atomic E-state index is 0.222. The number of piperazine rings is 1. The maximum absolute atomic E-state index is 12.6. The number of hydrogen-bond donors (Lipinski definition) is 1. The van der Waals surface area contributed by atoms with Gasteiger partial charge in [0.15, 0.2) is 0 Å². The van der Waals surface area contributed by atoms with Gasteiger partial charge >= 0.3 is 0 Å². The van der Waals surface area contributed by atoms with Gasteiger partial charge in [0.05, 0.1) is 5.92 Å². The van der Waals surface area contributed by atoms with Crippen molar-refractivity contribution in [3.63, 3.8) is 0 Å². The normalized spacial score (nSPS) is 37.6. The molecule has 3 heterocycles. The number of rotatable bonds is 1. The maximum Gasteiger partial charge on any atom is 0.227 e. The van der Waals surface area contributed by atoms with Crippen LogP contribution >= 0.6 is 0 Å². The molecule has 0 saturated carbocycles. The molecule has 0 aromatic heterocycles. The molecule has 4 heteroatoms. The quantitative estimate of drug-likeness (QED) is 0.739. The van der Waals surface area contributed by atoms with Crippen molar-refractivity contribution in [3.8, 4) is 0 Å². The molecule has 3 aliphatic rings. The zero-order chi connectivity index (χ0) is 12.5. The summed E-state index contributed by atoms with van der Waals surface area (Å²) >= 11 is 0. The van der Waals surface area contributed by atoms with E-state index in [0.717, 1.165) is 32.7 Å². The van der Waals surface area contributed by atoms with Gasteiger partial charge in [0.2, 0.25) is 5.91 Å². The first-order valence-electron chi connectivity index (χ1n) is 7.49. The van der Waals surface area contributed by atoms with Crippen molar-refractivity contribution in [1.29, 1.82) is 0 Å². The fourth-order valence-corrected chi connectivity index (χ4v) is 3.73. The van der Waals surface area contributed by atoms with Gasteiger partial charge in [-0.3, -0.25) is 9.69 Å². The largest absolute Gasteiger partial charge is 0.340 e. The molecule has 4 nitrogen and oxygen atoms in total. The minimum Gasteiger partial charge on any atom is -0.340 e. The molecule has 3 aliphatic heterocycles. The van der Waals surface area contributed by atoms with Crippen LogP contribution in [0.1, 0.15) is 26.2 Å². The highest BCUT2D eigenvalue weighted by Crippen LogP contribution is 2.24. The van der Waals surface area contributed by atoms with Gasteiger partial charge in [-0.1, -0.05) is 13.3 Å². The lowest BCUT2D eigenvalue weighted by molar-refractivity contribution is -0.139. The molecule has 0 aliphatic carbocycles. The fourth-order valence-electron chi connectivity index (χ4n) is 3.73. The van der Waals surface area contributed by atoms with Crippen molar-refractivity contribution in [2.75, 3.05) is 39.3 Å². The molecule has 0 spiro atoms. The van der Waals surface area contributed by atoms with Crippen LogP contribution in [0, 0.1) is 11.8 Å². The summed E-state index contributed by atoms with van der Waals surface area (Å²) in [6.45, 7) is 8.32. The van der Waals surface area contributed by atoms with Gasteiger partial charge in [-0.05, 0) is 31.8 Å². The molecule has 3 rings (SSSR count). The van der Waals surface area contributed by atoms with E-state index in [1.807, 2.05) is 0 Å². The summed E-state index contributed by atoms with van der Waals surface area (Å²) < 4.78 is 0. The van der Waals surface area contributed by atoms with Crippen LogP contribution in [0.4, 0.5) is 0 Å². The first-order chi connectivity index (χ1) is 8.75. The molecule has 0 aromatic rings. The highest BCUT2D eigenvalue weighted by atomic mass is 16.2. The second kappa shape index (κ2) is 5.17. The lowest BCUT2D eigenvalue weighted by Crippen LogP contribution is -2.57. The molecule has 3 atom stereocenters. The number of fused-ring (bicyclic) bond motifs is 1. The summed E-state index contributed by atoms with van der Waals surface area (Å²) in [4.78, 5) is 17.3. The number of amides is 1. The van der Waals surface area contributed by atoms with Crippen LogP contribution < -0.4 is 5.32 Å². The maximum atomic E-state index is 12.6. The summed E-state index contributed by atoms with van der Waals surface area (Å²) in [5.41, 5.74) is 0. The Morgan fingerprint density at radius 2 is 2.06 bits per heavy atom. The summed E-state index contributed by atoms with van der Waals surface area (Å²) in [6, 6.07) is 0.640. The number of carbonyl (C=O) groups excluding carboxylic acids is 1. The lowest BCUT2D eigenvalue weighted by Gasteiger charge is -2.44. The van der Waals surface area contributed by atoms with Crippen LogP contribution in [-0.2, 0) is 4.79 Å². The van der Waals surface area contributed by atoms with Gasteiger partial charge in [0.1, 0.15) is 0 Å². The molecular weight excluding hydrogens is 226 g/mol. The van der Waals surface area contributed by atoms with E-state index in [0.29, 0.717) is 17.9 Å². The van der Waals surface area contributed by atoms with Crippen LogP contribution in [0.2, 0.25) is 0 Å². The Hall–Kier alpha value is -0.610. The first kappa shape index (κ1) is 12.4. The van der Waals surface area contributed by atoms with Gasteiger partial charge < -0.3 is 10.2 Å². The first-order valence-corrected chi connectivity index (χ1v) is 7.49. The molecule has 0 radical (unpaired) electrons. The van der Waals surface area contributed by atoms with Gasteiger partial charge in [-0.15, -0.1) is 0 Å². The molecule has 3 saturated heterocycles. The minimum atomic E-state index is 0.222. The van der Waals surface area contributed by atoms with E-state index >= 15 is 0 Å². The smallest absolute Gasteiger partial charge is 0.227 e. The van der Waals surface area contributed by atoms with Crippen molar-refractivity contribution in [2.24, 2.45) is 11.8 Å². The molecular formula is C14H25N3O. The summed E-state index contributed by atoms with van der Waals surface area (Å²) in [7, 11) is 0. The Labute approximate surface area is 110 Å². The zero-order valence-electron chi connectivity index (χ0n) is 11.4. The van der Waals surface area contributed by atoms with E-state index < -0.39 is 0 Å². The monoisotopic (exact) mass is 251 g/mol. The number of hydrogen-bond acceptors (Lipinski definition) is 3. The van der Waals surface area contributed by atoms with Crippen LogP contribution in [0.15, 0.2) is 0 Å². The Bertz CT molecular complexity index is 320. The molecule has 0 aromatic carbocycles. The van der Waals surface area contributed by atoms with E-state index in [1.165, 1.54) is 25.8 Å². The second-order valence-corrected chi connectivity index (χ2v) is 6.21. The van der Waals surface area contributed by atoms with Gasteiger partial charge in [0, 0.05) is 32.2 Å². The molecule has 102 valence electrons. The topological polar surface area (TPSA) is 35.6 Å². The average molecular weight is 251 g/mol. The lowest BCUT2D eigenvalue weighted by atomic mass is 9.94. The summed E-state index contributed by atoms with van der Waals surface area (Å²) in [5.74, 6) is 1.12. The number of piperidine rings is 1. The third-order valence-corrected chi connectivity index (χ3v) is 4.98. The molecule has 18 heavy (non-hydrogen) atoms. The van der Waals surface area contributed by atoms with Gasteiger partial charge in [-0.25, -0.2) is 0 Å². The molecule has 3 unspecified atom stereocenters. The highest BCUT2D eigenvalue weighted by molar-refractivity contribution is 5.80. The third kappa shape index (κ3) is 2.28. The molecule has 1 amide bonds. The van der Waals surface area contributed by atoms with E-state index in [2.05, 4.69) is 22.0 Å². The summed E-state index contributed by atoms with van der Waals surface area (Å²) in [6.07, 6.45) is 3.96. The Kier molecular flexibility index (Phi) is 3.57. The molecule has 0 bridgehead atoms. The van der Waals surface area contributed by atoms with E-state index in [9.17, 15) is 4.79 Å². The Morgan fingerprint density at radius 3 is 2.83 bits per heavy atom. The highest BCUT2D eigenvalue weighted by Gasteiger charge is 2.36. The predicted octanol–water partition coefficient (Wildman–Crippen LogP) is 0.539. The van der Waals surface area contributed by atoms with Crippen molar-refractivity contribution >= 4 is 5.91 Å². The SMILES string of the molecule is CC1CNCC1C(=O)N1CCN2CCCCC2C1. The Balaban J connectivity index is 1.61. The van der Waals surface area contributed by atoms with E-state index in [1.54, 1.807) is 0 Å². The van der Waals surface area contributed by atoms with Gasteiger partial charge in [-0.2, -0.15) is 0 Å². The number of carbonyl (C=O) groups is 1. The van der Waals surface area contributed by atoms with Crippen LogP contribution in [0.3, 0.4) is 0 Å². The molecule has 3 fully saturated rings. The van der Waals surface area contributed by atoms with E-state index in [4.69, 9.17) is 0 Å². The van der Waals surface area contributed by atoms with Crippen LogP contribution in [0.25, 0.3) is 0 Å². The van der Waals surface area contributed by atoms with E-state index in [-0.39, 0.29) is 5.92 Å². The van der Waals surface area contributed by atoms with Crippen LogP contribution in [0.5, 0.6) is 0 Å². The zero-order valence-corrected chi connectivity index (χ0v) is 11.4. The summed E-state index contributed by atoms with van der Waals surface area (Å²) in [5, 5.41) is 3.34. The fraction of sp³-hybridized carbons (Fsp3) is 0.929. The molecule has 1 N–H and O–H groups in total. The number of nitrogens with one attached hydrogen (secondary N) is 1. The van der Waals surface area contributed by atoms with Crippen molar-refractivity contribution in [3.05, 3.63) is 0 Å². The van der Waals surface area contributed by atoms with Crippen molar-refractivity contribution in [2.45, 2.75) is 32.2 Å². The van der Waals surface area contributed by atoms with Crippen LogP contribution in [-0.4, -0.2) is 61.0 Å². The van der Waals surface area contributed by atoms with Gasteiger partial charge in [0.25, 0.3) is 0 Å². The standard InChI is InChI=1S/C14H25N3O/c1-11-8-15-9-13(11)14(18)17-7-6-16-5-3-2-4-12(16)10-17/h11-13,15H,2-10H2,1H3. The third-order valence-electron chi connectivity index (χ3n) is 4.98. The average Bonchev–Trinajstić information content (AvgIpc) is 2.83.